The molecule has 0 aromatic rings. The van der Waals surface area contributed by atoms with Gasteiger partial charge < -0.3 is 6.15 Å². The van der Waals surface area contributed by atoms with Crippen LogP contribution in [0.4, 0.5) is 0 Å². The first-order valence-electron chi connectivity index (χ1n) is 4.27. The van der Waals surface area contributed by atoms with Crippen molar-refractivity contribution in [2.75, 3.05) is 0 Å². The van der Waals surface area contributed by atoms with Crippen LogP contribution < -0.4 is 6.15 Å². The standard InChI is InChI=1S/C9H16.H3N/c1-6-3-9-5-8(6)4-7(9)2;/h6-9H,3-5H2,1-2H3;1H3. The summed E-state index contributed by atoms with van der Waals surface area (Å²) in [6.07, 6.45) is 4.62. The Hall–Kier alpha value is -0.0400. The molecule has 2 aliphatic rings. The van der Waals surface area contributed by atoms with Crippen LogP contribution >= 0.6 is 0 Å². The van der Waals surface area contributed by atoms with Crippen molar-refractivity contribution in [1.82, 2.24) is 6.15 Å². The van der Waals surface area contributed by atoms with Gasteiger partial charge in [0.05, 0.1) is 0 Å². The molecule has 0 aromatic carbocycles. The van der Waals surface area contributed by atoms with Crippen LogP contribution in [0.5, 0.6) is 0 Å². The predicted molar refractivity (Wildman–Crippen MR) is 44.2 cm³/mol. The summed E-state index contributed by atoms with van der Waals surface area (Å²) >= 11 is 0. The maximum Gasteiger partial charge on any atom is -0.0383 e. The molecule has 0 spiro atoms. The van der Waals surface area contributed by atoms with Gasteiger partial charge in [-0.25, -0.2) is 0 Å². The molecule has 0 aromatic heterocycles. The summed E-state index contributed by atoms with van der Waals surface area (Å²) in [5.74, 6) is 4.35. The van der Waals surface area contributed by atoms with Gasteiger partial charge in [0.15, 0.2) is 0 Å². The van der Waals surface area contributed by atoms with E-state index in [1.54, 1.807) is 6.42 Å². The first-order valence-corrected chi connectivity index (χ1v) is 4.27. The van der Waals surface area contributed by atoms with E-state index in [-0.39, 0.29) is 6.15 Å². The Morgan fingerprint density at radius 2 is 1.20 bits per heavy atom. The molecule has 0 amide bonds. The van der Waals surface area contributed by atoms with Crippen molar-refractivity contribution < 1.29 is 0 Å². The van der Waals surface area contributed by atoms with Gasteiger partial charge in [-0.15, -0.1) is 0 Å². The molecule has 1 heteroatoms. The van der Waals surface area contributed by atoms with Gasteiger partial charge in [-0.05, 0) is 42.9 Å². The number of rotatable bonds is 0. The molecule has 60 valence electrons. The van der Waals surface area contributed by atoms with Crippen molar-refractivity contribution >= 4 is 0 Å². The second-order valence-electron chi connectivity index (χ2n) is 4.18. The van der Waals surface area contributed by atoms with E-state index < -0.39 is 0 Å². The molecule has 2 aliphatic carbocycles. The van der Waals surface area contributed by atoms with Crippen molar-refractivity contribution in [3.05, 3.63) is 0 Å². The van der Waals surface area contributed by atoms with E-state index in [9.17, 15) is 0 Å². The smallest absolute Gasteiger partial charge is 0.0383 e. The van der Waals surface area contributed by atoms with Crippen LogP contribution in [0.1, 0.15) is 33.1 Å². The SMILES string of the molecule is CC1CC2CC1CC2C.N. The third-order valence-electron chi connectivity index (χ3n) is 3.56. The fraction of sp³-hybridized carbons (Fsp3) is 1.00. The molecule has 2 bridgehead atoms. The van der Waals surface area contributed by atoms with Crippen LogP contribution in [-0.2, 0) is 0 Å². The van der Waals surface area contributed by atoms with E-state index >= 15 is 0 Å². The van der Waals surface area contributed by atoms with Crippen molar-refractivity contribution in [1.29, 1.82) is 0 Å². The summed E-state index contributed by atoms with van der Waals surface area (Å²) in [5.41, 5.74) is 0. The Bertz CT molecular complexity index is 104. The quantitative estimate of drug-likeness (QED) is 0.553. The van der Waals surface area contributed by atoms with E-state index in [0.29, 0.717) is 0 Å². The Labute approximate surface area is 63.8 Å². The van der Waals surface area contributed by atoms with E-state index in [2.05, 4.69) is 13.8 Å². The Balaban J connectivity index is 0.000000500. The first-order chi connectivity index (χ1) is 4.27. The third-order valence-corrected chi connectivity index (χ3v) is 3.56. The van der Waals surface area contributed by atoms with Gasteiger partial charge >= 0.3 is 0 Å². The molecule has 0 heterocycles. The van der Waals surface area contributed by atoms with Gasteiger partial charge in [-0.1, -0.05) is 13.8 Å². The van der Waals surface area contributed by atoms with Crippen molar-refractivity contribution in [3.63, 3.8) is 0 Å². The molecule has 1 nitrogen and oxygen atoms in total. The molecule has 4 atom stereocenters. The molecule has 4 unspecified atom stereocenters. The van der Waals surface area contributed by atoms with Crippen LogP contribution in [0, 0.1) is 23.7 Å². The molecule has 2 fully saturated rings. The Kier molecular flexibility index (Phi) is 2.04. The van der Waals surface area contributed by atoms with Crippen LogP contribution in [0.2, 0.25) is 0 Å². The largest absolute Gasteiger partial charge is 0.344 e. The average molecular weight is 141 g/mol. The minimum Gasteiger partial charge on any atom is -0.344 e. The van der Waals surface area contributed by atoms with Crippen LogP contribution in [0.25, 0.3) is 0 Å². The number of fused-ring (bicyclic) bond motifs is 2. The topological polar surface area (TPSA) is 35.0 Å². The lowest BCUT2D eigenvalue weighted by atomic mass is 9.84. The highest BCUT2D eigenvalue weighted by molar-refractivity contribution is 4.91. The molecule has 0 radical (unpaired) electrons. The highest BCUT2D eigenvalue weighted by Gasteiger charge is 2.41. The summed E-state index contributed by atoms with van der Waals surface area (Å²) in [6.45, 7) is 4.85. The lowest BCUT2D eigenvalue weighted by molar-refractivity contribution is 0.288. The maximum absolute atomic E-state index is 2.43. The molecule has 0 saturated heterocycles. The molecular weight excluding hydrogens is 122 g/mol. The zero-order valence-corrected chi connectivity index (χ0v) is 7.14. The molecule has 2 saturated carbocycles. The predicted octanol–water partition coefficient (Wildman–Crippen LogP) is 2.85. The van der Waals surface area contributed by atoms with Gasteiger partial charge in [0.2, 0.25) is 0 Å². The second-order valence-corrected chi connectivity index (χ2v) is 4.18. The number of hydrogen-bond donors (Lipinski definition) is 1. The normalized spacial score (nSPS) is 51.0. The monoisotopic (exact) mass is 141 g/mol. The zero-order valence-electron chi connectivity index (χ0n) is 7.14. The van der Waals surface area contributed by atoms with E-state index in [1.165, 1.54) is 12.8 Å². The molecule has 3 N–H and O–H groups in total. The Morgan fingerprint density at radius 3 is 1.40 bits per heavy atom. The fourth-order valence-corrected chi connectivity index (χ4v) is 2.85. The molecular formula is C9H19N. The van der Waals surface area contributed by atoms with Crippen molar-refractivity contribution in [2.45, 2.75) is 33.1 Å². The third kappa shape index (κ3) is 0.968. The molecule has 2 rings (SSSR count). The van der Waals surface area contributed by atoms with Gasteiger partial charge in [0.25, 0.3) is 0 Å². The highest BCUT2D eigenvalue weighted by Crippen LogP contribution is 2.51. The van der Waals surface area contributed by atoms with Gasteiger partial charge in [0.1, 0.15) is 0 Å². The lowest BCUT2D eigenvalue weighted by Gasteiger charge is -2.21. The second kappa shape index (κ2) is 2.54. The van der Waals surface area contributed by atoms with Crippen LogP contribution in [0.3, 0.4) is 0 Å². The Morgan fingerprint density at radius 1 is 0.800 bits per heavy atom. The highest BCUT2D eigenvalue weighted by atomic mass is 14.5. The van der Waals surface area contributed by atoms with E-state index in [4.69, 9.17) is 0 Å². The minimum atomic E-state index is 0. The minimum absolute atomic E-state index is 0. The molecule has 0 aliphatic heterocycles. The first kappa shape index (κ1) is 8.06. The van der Waals surface area contributed by atoms with Crippen molar-refractivity contribution in [3.8, 4) is 0 Å². The average Bonchev–Trinajstić information content (AvgIpc) is 2.24. The summed E-state index contributed by atoms with van der Waals surface area (Å²) < 4.78 is 0. The van der Waals surface area contributed by atoms with E-state index in [0.717, 1.165) is 23.7 Å². The fourth-order valence-electron chi connectivity index (χ4n) is 2.85. The summed E-state index contributed by atoms with van der Waals surface area (Å²) in [6, 6.07) is 0. The van der Waals surface area contributed by atoms with E-state index in [1.807, 2.05) is 0 Å². The van der Waals surface area contributed by atoms with Gasteiger partial charge in [0, 0.05) is 0 Å². The summed E-state index contributed by atoms with van der Waals surface area (Å²) in [4.78, 5) is 0. The summed E-state index contributed by atoms with van der Waals surface area (Å²) in [5, 5.41) is 0. The molecule has 10 heavy (non-hydrogen) atoms. The van der Waals surface area contributed by atoms with Gasteiger partial charge in [-0.2, -0.15) is 0 Å². The van der Waals surface area contributed by atoms with Crippen molar-refractivity contribution in [2.24, 2.45) is 23.7 Å². The number of hydrogen-bond acceptors (Lipinski definition) is 1. The lowest BCUT2D eigenvalue weighted by Crippen LogP contribution is -2.12. The summed E-state index contributed by atoms with van der Waals surface area (Å²) in [7, 11) is 0. The van der Waals surface area contributed by atoms with Crippen LogP contribution in [0.15, 0.2) is 0 Å². The van der Waals surface area contributed by atoms with Gasteiger partial charge in [-0.3, -0.25) is 0 Å². The maximum atomic E-state index is 2.43. The van der Waals surface area contributed by atoms with Crippen LogP contribution in [-0.4, -0.2) is 0 Å². The zero-order chi connectivity index (χ0) is 6.43.